The van der Waals surface area contributed by atoms with Gasteiger partial charge in [-0.25, -0.2) is 0 Å². The van der Waals surface area contributed by atoms with E-state index in [1.165, 1.54) is 20.5 Å². The van der Waals surface area contributed by atoms with Crippen molar-refractivity contribution in [3.8, 4) is 0 Å². The minimum absolute atomic E-state index is 0.117. The molecule has 3 heteroatoms. The molecule has 2 aromatic rings. The van der Waals surface area contributed by atoms with Crippen LogP contribution in [0.1, 0.15) is 44.2 Å². The van der Waals surface area contributed by atoms with Gasteiger partial charge in [-0.15, -0.1) is 11.3 Å². The lowest BCUT2D eigenvalue weighted by Gasteiger charge is -2.27. The van der Waals surface area contributed by atoms with Gasteiger partial charge >= 0.3 is 0 Å². The van der Waals surface area contributed by atoms with Gasteiger partial charge < -0.3 is 10.1 Å². The lowest BCUT2D eigenvalue weighted by atomic mass is 10.1. The van der Waals surface area contributed by atoms with Crippen molar-refractivity contribution in [2.75, 3.05) is 13.2 Å². The van der Waals surface area contributed by atoms with Crippen molar-refractivity contribution >= 4 is 21.4 Å². The highest BCUT2D eigenvalue weighted by Gasteiger charge is 2.20. The molecule has 2 rings (SSSR count). The molecule has 0 saturated heterocycles. The number of benzene rings is 1. The van der Waals surface area contributed by atoms with Crippen molar-refractivity contribution in [3.63, 3.8) is 0 Å². The maximum absolute atomic E-state index is 5.75. The van der Waals surface area contributed by atoms with E-state index in [4.69, 9.17) is 4.74 Å². The number of hydrogen-bond acceptors (Lipinski definition) is 3. The number of thiophene rings is 1. The van der Waals surface area contributed by atoms with Gasteiger partial charge in [0.15, 0.2) is 0 Å². The Morgan fingerprint density at radius 3 is 2.65 bits per heavy atom. The maximum atomic E-state index is 5.75. The van der Waals surface area contributed by atoms with Crippen molar-refractivity contribution in [3.05, 3.63) is 34.7 Å². The predicted molar refractivity (Wildman–Crippen MR) is 88.7 cm³/mol. The molecule has 0 aliphatic carbocycles. The summed E-state index contributed by atoms with van der Waals surface area (Å²) < 4.78 is 7.12. The molecule has 0 fully saturated rings. The van der Waals surface area contributed by atoms with Gasteiger partial charge in [-0.05, 0) is 51.6 Å². The molecule has 1 aromatic heterocycles. The van der Waals surface area contributed by atoms with Gasteiger partial charge in [0.2, 0.25) is 0 Å². The Hall–Kier alpha value is -0.900. The first kappa shape index (κ1) is 15.5. The summed E-state index contributed by atoms with van der Waals surface area (Å²) in [5, 5.41) is 4.99. The largest absolute Gasteiger partial charge is 0.375 e. The Kier molecular flexibility index (Phi) is 4.84. The zero-order chi connectivity index (χ0) is 14.8. The molecule has 0 radical (unpaired) electrons. The van der Waals surface area contributed by atoms with E-state index >= 15 is 0 Å². The highest BCUT2D eigenvalue weighted by atomic mass is 32.1. The zero-order valence-corrected chi connectivity index (χ0v) is 13.9. The highest BCUT2D eigenvalue weighted by Crippen LogP contribution is 2.34. The Bertz CT molecular complexity index is 573. The van der Waals surface area contributed by atoms with Crippen molar-refractivity contribution in [1.29, 1.82) is 0 Å². The van der Waals surface area contributed by atoms with Crippen molar-refractivity contribution in [2.45, 2.75) is 46.3 Å². The molecule has 1 N–H and O–H groups in total. The Morgan fingerprint density at radius 1 is 1.30 bits per heavy atom. The number of ether oxygens (including phenoxy) is 1. The molecular formula is C17H25NOS. The second kappa shape index (κ2) is 6.25. The first-order valence-electron chi connectivity index (χ1n) is 7.30. The molecule has 110 valence electrons. The van der Waals surface area contributed by atoms with Crippen molar-refractivity contribution < 1.29 is 4.74 Å². The fourth-order valence-corrected chi connectivity index (χ4v) is 3.78. The Labute approximate surface area is 126 Å². The van der Waals surface area contributed by atoms with Crippen LogP contribution in [0.2, 0.25) is 0 Å². The number of fused-ring (bicyclic) bond motifs is 1. The van der Waals surface area contributed by atoms with Gasteiger partial charge in [-0.2, -0.15) is 0 Å². The van der Waals surface area contributed by atoms with Crippen LogP contribution >= 0.6 is 11.3 Å². The van der Waals surface area contributed by atoms with Crippen LogP contribution < -0.4 is 5.32 Å². The summed E-state index contributed by atoms with van der Waals surface area (Å²) in [7, 11) is 0. The Morgan fingerprint density at radius 2 is 2.00 bits per heavy atom. The molecule has 0 aliphatic rings. The molecule has 0 spiro atoms. The lowest BCUT2D eigenvalue weighted by molar-refractivity contribution is -0.0102. The molecule has 1 unspecified atom stereocenters. The van der Waals surface area contributed by atoms with E-state index in [2.05, 4.69) is 57.3 Å². The van der Waals surface area contributed by atoms with E-state index in [0.29, 0.717) is 6.04 Å². The summed E-state index contributed by atoms with van der Waals surface area (Å²) in [5.41, 5.74) is 1.29. The summed E-state index contributed by atoms with van der Waals surface area (Å²) >= 11 is 1.89. The number of rotatable bonds is 6. The molecule has 1 heterocycles. The Balaban J connectivity index is 2.11. The molecule has 0 amide bonds. The first-order chi connectivity index (χ1) is 9.44. The normalized spacial score (nSPS) is 13.8. The summed E-state index contributed by atoms with van der Waals surface area (Å²) in [5.74, 6) is 0. The van der Waals surface area contributed by atoms with Crippen LogP contribution in [0.5, 0.6) is 0 Å². The molecule has 20 heavy (non-hydrogen) atoms. The van der Waals surface area contributed by atoms with E-state index in [0.717, 1.165) is 13.2 Å². The second-order valence-electron chi connectivity index (χ2n) is 5.88. The van der Waals surface area contributed by atoms with Crippen molar-refractivity contribution in [2.24, 2.45) is 0 Å². The predicted octanol–water partition coefficient (Wildman–Crippen LogP) is 4.68. The number of aryl methyl sites for hydroxylation is 1. The monoisotopic (exact) mass is 291 g/mol. The van der Waals surface area contributed by atoms with Gasteiger partial charge in [0, 0.05) is 28.8 Å². The van der Waals surface area contributed by atoms with Gasteiger partial charge in [-0.1, -0.05) is 18.2 Å². The summed E-state index contributed by atoms with van der Waals surface area (Å²) in [6.45, 7) is 12.4. The third-order valence-corrected chi connectivity index (χ3v) is 5.10. The van der Waals surface area contributed by atoms with Crippen LogP contribution in [0.25, 0.3) is 10.1 Å². The minimum atomic E-state index is -0.117. The second-order valence-corrected chi connectivity index (χ2v) is 6.97. The van der Waals surface area contributed by atoms with Crippen LogP contribution in [0, 0.1) is 6.92 Å². The van der Waals surface area contributed by atoms with Gasteiger partial charge in [0.25, 0.3) is 0 Å². The van der Waals surface area contributed by atoms with Crippen LogP contribution in [0.4, 0.5) is 0 Å². The smallest absolute Gasteiger partial charge is 0.0750 e. The van der Waals surface area contributed by atoms with Gasteiger partial charge in [0.1, 0.15) is 0 Å². The number of nitrogens with one attached hydrogen (secondary N) is 1. The van der Waals surface area contributed by atoms with Crippen LogP contribution in [0.15, 0.2) is 24.3 Å². The maximum Gasteiger partial charge on any atom is 0.0750 e. The fourth-order valence-electron chi connectivity index (χ4n) is 2.54. The van der Waals surface area contributed by atoms with Crippen LogP contribution in [-0.4, -0.2) is 18.8 Å². The molecule has 1 aromatic carbocycles. The van der Waals surface area contributed by atoms with E-state index < -0.39 is 0 Å². The topological polar surface area (TPSA) is 21.3 Å². The van der Waals surface area contributed by atoms with Crippen LogP contribution in [0.3, 0.4) is 0 Å². The van der Waals surface area contributed by atoms with E-state index in [9.17, 15) is 0 Å². The average molecular weight is 291 g/mol. The quantitative estimate of drug-likeness (QED) is 0.834. The fraction of sp³-hybridized carbons (Fsp3) is 0.529. The third-order valence-electron chi connectivity index (χ3n) is 3.64. The zero-order valence-electron chi connectivity index (χ0n) is 13.1. The lowest BCUT2D eigenvalue weighted by Crippen LogP contribution is -2.38. The summed E-state index contributed by atoms with van der Waals surface area (Å²) in [6, 6.07) is 8.99. The molecule has 0 saturated carbocycles. The number of hydrogen-bond donors (Lipinski definition) is 1. The van der Waals surface area contributed by atoms with E-state index in [-0.39, 0.29) is 5.60 Å². The standard InChI is InChI=1S/C17H25NOS/c1-6-19-17(4,5)11-18-13(3)16-12(2)14-9-7-8-10-15(14)20-16/h7-10,13,18H,6,11H2,1-5H3. The van der Waals surface area contributed by atoms with Gasteiger partial charge in [-0.3, -0.25) is 0 Å². The summed E-state index contributed by atoms with van der Waals surface area (Å²) in [6.07, 6.45) is 0. The molecular weight excluding hydrogens is 266 g/mol. The average Bonchev–Trinajstić information content (AvgIpc) is 2.74. The first-order valence-corrected chi connectivity index (χ1v) is 8.11. The SMILES string of the molecule is CCOC(C)(C)CNC(C)c1sc2ccccc2c1C. The molecule has 1 atom stereocenters. The molecule has 0 aliphatic heterocycles. The highest BCUT2D eigenvalue weighted by molar-refractivity contribution is 7.19. The summed E-state index contributed by atoms with van der Waals surface area (Å²) in [4.78, 5) is 1.43. The third kappa shape index (κ3) is 3.40. The van der Waals surface area contributed by atoms with E-state index in [1.54, 1.807) is 0 Å². The van der Waals surface area contributed by atoms with E-state index in [1.807, 2.05) is 18.3 Å². The van der Waals surface area contributed by atoms with Gasteiger partial charge in [0.05, 0.1) is 5.60 Å². The minimum Gasteiger partial charge on any atom is -0.375 e. The molecule has 2 nitrogen and oxygen atoms in total. The molecule has 0 bridgehead atoms. The van der Waals surface area contributed by atoms with Crippen LogP contribution in [-0.2, 0) is 4.74 Å². The van der Waals surface area contributed by atoms with Crippen molar-refractivity contribution in [1.82, 2.24) is 5.32 Å².